The van der Waals surface area contributed by atoms with Crippen LogP contribution >= 0.6 is 0 Å². The quantitative estimate of drug-likeness (QED) is 0.891. The second-order valence-electron chi connectivity index (χ2n) is 5.59. The topological polar surface area (TPSA) is 71.8 Å². The third-order valence-corrected chi connectivity index (χ3v) is 3.95. The van der Waals surface area contributed by atoms with Crippen molar-refractivity contribution in [1.29, 1.82) is 0 Å². The molecule has 6 nitrogen and oxygen atoms in total. The van der Waals surface area contributed by atoms with Crippen molar-refractivity contribution in [2.45, 2.75) is 13.1 Å². The first-order valence-electron chi connectivity index (χ1n) is 7.70. The van der Waals surface area contributed by atoms with Gasteiger partial charge in [-0.2, -0.15) is 0 Å². The van der Waals surface area contributed by atoms with Crippen LogP contribution in [-0.2, 0) is 13.1 Å². The monoisotopic (exact) mass is 350 g/mol. The van der Waals surface area contributed by atoms with Gasteiger partial charge in [-0.15, -0.1) is 0 Å². The second kappa shape index (κ2) is 6.92. The van der Waals surface area contributed by atoms with Crippen LogP contribution in [-0.4, -0.2) is 40.3 Å². The van der Waals surface area contributed by atoms with Crippen molar-refractivity contribution in [3.8, 4) is 11.6 Å². The fourth-order valence-electron chi connectivity index (χ4n) is 2.75. The molecular weight excluding hydrogens is 334 g/mol. The molecule has 2 aromatic rings. The van der Waals surface area contributed by atoms with E-state index in [9.17, 15) is 23.5 Å². The number of nitrogens with zero attached hydrogens (tertiary/aromatic N) is 2. The van der Waals surface area contributed by atoms with E-state index in [4.69, 9.17) is 4.74 Å². The minimum absolute atomic E-state index is 0.0465. The van der Waals surface area contributed by atoms with Gasteiger partial charge in [0.05, 0.1) is 0 Å². The normalized spacial score (nSPS) is 13.7. The maximum absolute atomic E-state index is 13.0. The van der Waals surface area contributed by atoms with E-state index in [0.717, 1.165) is 11.6 Å². The standard InChI is InChI=1S/C17H16F2N2O4/c18-5-8-25-14-9-13(22)16(23)15-17(24)20(6-7-21(14)15)10-11-1-3-12(19)4-2-11/h1-4,9,23H,5-8,10H2. The fourth-order valence-corrected chi connectivity index (χ4v) is 2.75. The zero-order chi connectivity index (χ0) is 18.0. The third-order valence-electron chi connectivity index (χ3n) is 3.95. The van der Waals surface area contributed by atoms with Crippen LogP contribution < -0.4 is 10.2 Å². The molecule has 1 amide bonds. The summed E-state index contributed by atoms with van der Waals surface area (Å²) in [5.41, 5.74) is -0.235. The van der Waals surface area contributed by atoms with Crippen molar-refractivity contribution < 1.29 is 23.4 Å². The molecule has 3 rings (SSSR count). The Bertz CT molecular complexity index is 849. The van der Waals surface area contributed by atoms with Gasteiger partial charge in [0.25, 0.3) is 5.91 Å². The lowest BCUT2D eigenvalue weighted by Crippen LogP contribution is -2.41. The summed E-state index contributed by atoms with van der Waals surface area (Å²) >= 11 is 0. The molecule has 1 aliphatic rings. The van der Waals surface area contributed by atoms with E-state index in [-0.39, 0.29) is 37.1 Å². The van der Waals surface area contributed by atoms with Crippen molar-refractivity contribution in [3.05, 3.63) is 57.6 Å². The van der Waals surface area contributed by atoms with E-state index >= 15 is 0 Å². The number of carbonyl (C=O) groups excluding carboxylic acids is 1. The van der Waals surface area contributed by atoms with Crippen molar-refractivity contribution in [2.24, 2.45) is 0 Å². The molecule has 2 heterocycles. The Morgan fingerprint density at radius 1 is 1.16 bits per heavy atom. The van der Waals surface area contributed by atoms with E-state index in [2.05, 4.69) is 0 Å². The highest BCUT2D eigenvalue weighted by Gasteiger charge is 2.30. The third kappa shape index (κ3) is 3.33. The van der Waals surface area contributed by atoms with E-state index < -0.39 is 23.8 Å². The molecule has 0 atom stereocenters. The SMILES string of the molecule is O=C1c2c(O)c(=O)cc(OCCF)n2CCN1Cc1ccc(F)cc1. The number of amides is 1. The number of alkyl halides is 1. The summed E-state index contributed by atoms with van der Waals surface area (Å²) in [4.78, 5) is 26.0. The van der Waals surface area contributed by atoms with Gasteiger partial charge in [-0.3, -0.25) is 9.59 Å². The van der Waals surface area contributed by atoms with Crippen molar-refractivity contribution in [3.63, 3.8) is 0 Å². The summed E-state index contributed by atoms with van der Waals surface area (Å²) in [5.74, 6) is -1.54. The van der Waals surface area contributed by atoms with Gasteiger partial charge < -0.3 is 19.3 Å². The van der Waals surface area contributed by atoms with Crippen LogP contribution in [0.4, 0.5) is 8.78 Å². The average molecular weight is 350 g/mol. The Morgan fingerprint density at radius 3 is 2.56 bits per heavy atom. The number of hydrogen-bond acceptors (Lipinski definition) is 4. The predicted octanol–water partition coefficient (Wildman–Crippen LogP) is 1.70. The Balaban J connectivity index is 1.92. The molecule has 0 fully saturated rings. The number of halogens is 2. The van der Waals surface area contributed by atoms with Crippen LogP contribution in [0.3, 0.4) is 0 Å². The van der Waals surface area contributed by atoms with Crippen LogP contribution in [0, 0.1) is 5.82 Å². The summed E-state index contributed by atoms with van der Waals surface area (Å²) in [5, 5.41) is 10.0. The molecule has 1 aromatic carbocycles. The van der Waals surface area contributed by atoms with Gasteiger partial charge in [0.2, 0.25) is 5.43 Å². The minimum atomic E-state index is -0.767. The summed E-state index contributed by atoms with van der Waals surface area (Å²) < 4.78 is 31.9. The van der Waals surface area contributed by atoms with Crippen LogP contribution in [0.1, 0.15) is 16.1 Å². The lowest BCUT2D eigenvalue weighted by Gasteiger charge is -2.31. The first kappa shape index (κ1) is 16.9. The Morgan fingerprint density at radius 2 is 1.88 bits per heavy atom. The summed E-state index contributed by atoms with van der Waals surface area (Å²) in [6.07, 6.45) is 0. The zero-order valence-corrected chi connectivity index (χ0v) is 13.2. The second-order valence-corrected chi connectivity index (χ2v) is 5.59. The molecule has 25 heavy (non-hydrogen) atoms. The first-order valence-corrected chi connectivity index (χ1v) is 7.70. The number of aromatic hydroxyl groups is 1. The number of carbonyl (C=O) groups is 1. The first-order chi connectivity index (χ1) is 12.0. The summed E-state index contributed by atoms with van der Waals surface area (Å²) in [7, 11) is 0. The molecule has 0 aliphatic carbocycles. The largest absolute Gasteiger partial charge is 0.503 e. The van der Waals surface area contributed by atoms with Gasteiger partial charge in [0, 0.05) is 25.7 Å². The van der Waals surface area contributed by atoms with Gasteiger partial charge >= 0.3 is 0 Å². The van der Waals surface area contributed by atoms with Crippen LogP contribution in [0.25, 0.3) is 0 Å². The van der Waals surface area contributed by atoms with Gasteiger partial charge in [0.15, 0.2) is 17.3 Å². The average Bonchev–Trinajstić information content (AvgIpc) is 2.60. The number of aromatic nitrogens is 1. The van der Waals surface area contributed by atoms with E-state index in [1.54, 1.807) is 12.1 Å². The van der Waals surface area contributed by atoms with Crippen molar-refractivity contribution >= 4 is 5.91 Å². The van der Waals surface area contributed by atoms with Crippen LogP contribution in [0.2, 0.25) is 0 Å². The Labute approximate surface area is 141 Å². The van der Waals surface area contributed by atoms with E-state index in [1.165, 1.54) is 21.6 Å². The molecule has 1 aliphatic heterocycles. The summed E-state index contributed by atoms with van der Waals surface area (Å²) in [6, 6.07) is 6.75. The molecule has 1 N–H and O–H groups in total. The number of pyridine rings is 1. The van der Waals surface area contributed by atoms with Gasteiger partial charge in [-0.25, -0.2) is 8.78 Å². The highest BCUT2D eigenvalue weighted by Crippen LogP contribution is 2.26. The Kier molecular flexibility index (Phi) is 4.69. The van der Waals surface area contributed by atoms with Crippen molar-refractivity contribution in [1.82, 2.24) is 9.47 Å². The molecule has 0 bridgehead atoms. The van der Waals surface area contributed by atoms with Gasteiger partial charge in [0.1, 0.15) is 19.1 Å². The number of benzene rings is 1. The number of hydrogen-bond donors (Lipinski definition) is 1. The van der Waals surface area contributed by atoms with Gasteiger partial charge in [-0.1, -0.05) is 12.1 Å². The minimum Gasteiger partial charge on any atom is -0.503 e. The predicted molar refractivity (Wildman–Crippen MR) is 85.0 cm³/mol. The van der Waals surface area contributed by atoms with Crippen molar-refractivity contribution in [2.75, 3.05) is 19.8 Å². The Hall–Kier alpha value is -2.90. The molecule has 1 aromatic heterocycles. The highest BCUT2D eigenvalue weighted by molar-refractivity contribution is 5.96. The molecular formula is C17H16F2N2O4. The highest BCUT2D eigenvalue weighted by atomic mass is 19.1. The van der Waals surface area contributed by atoms with E-state index in [1.807, 2.05) is 0 Å². The number of rotatable bonds is 5. The lowest BCUT2D eigenvalue weighted by molar-refractivity contribution is 0.0674. The molecule has 8 heteroatoms. The fraction of sp³-hybridized carbons (Fsp3) is 0.294. The number of fused-ring (bicyclic) bond motifs is 1. The van der Waals surface area contributed by atoms with Gasteiger partial charge in [-0.05, 0) is 17.7 Å². The zero-order valence-electron chi connectivity index (χ0n) is 13.2. The van der Waals surface area contributed by atoms with Crippen LogP contribution in [0.15, 0.2) is 35.1 Å². The maximum atomic E-state index is 13.0. The molecule has 0 unspecified atom stereocenters. The molecule has 0 saturated heterocycles. The number of ether oxygens (including phenoxy) is 1. The smallest absolute Gasteiger partial charge is 0.274 e. The molecule has 0 saturated carbocycles. The summed E-state index contributed by atoms with van der Waals surface area (Å²) in [6.45, 7) is -0.205. The van der Waals surface area contributed by atoms with Crippen LogP contribution in [0.5, 0.6) is 11.6 Å². The molecule has 132 valence electrons. The van der Waals surface area contributed by atoms with E-state index in [0.29, 0.717) is 6.54 Å². The molecule has 0 radical (unpaired) electrons. The maximum Gasteiger partial charge on any atom is 0.274 e. The molecule has 0 spiro atoms. The lowest BCUT2D eigenvalue weighted by atomic mass is 10.1.